The molecule has 104 valence electrons. The van der Waals surface area contributed by atoms with Crippen molar-refractivity contribution < 1.29 is 9.53 Å². The highest BCUT2D eigenvalue weighted by Gasteiger charge is 2.13. The molecule has 0 radical (unpaired) electrons. The first-order valence-corrected chi connectivity index (χ1v) is 7.30. The van der Waals surface area contributed by atoms with E-state index in [1.54, 1.807) is 0 Å². The zero-order valence-corrected chi connectivity index (χ0v) is 11.7. The SMILES string of the molecule is Cc1cccc(C(=O)CCCCC2CCOCC2)n1. The number of carbonyl (C=O) groups excluding carboxylic acids is 1. The minimum Gasteiger partial charge on any atom is -0.381 e. The first-order chi connectivity index (χ1) is 9.25. The standard InChI is InChI=1S/C16H23NO2/c1-13-5-4-7-15(17-13)16(18)8-3-2-6-14-9-11-19-12-10-14/h4-5,7,14H,2-3,6,8-12H2,1H3. The van der Waals surface area contributed by atoms with Crippen LogP contribution >= 0.6 is 0 Å². The summed E-state index contributed by atoms with van der Waals surface area (Å²) in [4.78, 5) is 16.2. The van der Waals surface area contributed by atoms with Gasteiger partial charge in [0.15, 0.2) is 5.78 Å². The number of ketones is 1. The molecule has 1 aromatic rings. The Labute approximate surface area is 115 Å². The fraction of sp³-hybridized carbons (Fsp3) is 0.625. The Kier molecular flexibility index (Phi) is 5.52. The lowest BCUT2D eigenvalue weighted by molar-refractivity contribution is 0.0630. The summed E-state index contributed by atoms with van der Waals surface area (Å²) in [5.74, 6) is 0.983. The molecule has 1 fully saturated rings. The van der Waals surface area contributed by atoms with E-state index >= 15 is 0 Å². The van der Waals surface area contributed by atoms with Crippen LogP contribution in [0.1, 0.15) is 54.7 Å². The molecule has 0 atom stereocenters. The molecule has 0 bridgehead atoms. The molecule has 19 heavy (non-hydrogen) atoms. The molecular weight excluding hydrogens is 238 g/mol. The van der Waals surface area contributed by atoms with E-state index in [2.05, 4.69) is 4.98 Å². The number of pyridine rings is 1. The topological polar surface area (TPSA) is 39.2 Å². The lowest BCUT2D eigenvalue weighted by Gasteiger charge is -2.21. The van der Waals surface area contributed by atoms with Crippen LogP contribution in [0.5, 0.6) is 0 Å². The maximum absolute atomic E-state index is 12.0. The van der Waals surface area contributed by atoms with Gasteiger partial charge < -0.3 is 4.74 Å². The Balaban J connectivity index is 1.66. The van der Waals surface area contributed by atoms with Crippen LogP contribution < -0.4 is 0 Å². The van der Waals surface area contributed by atoms with Gasteiger partial charge in [0.1, 0.15) is 5.69 Å². The highest BCUT2D eigenvalue weighted by atomic mass is 16.5. The second-order valence-corrected chi connectivity index (χ2v) is 5.39. The second-order valence-electron chi connectivity index (χ2n) is 5.39. The van der Waals surface area contributed by atoms with Gasteiger partial charge >= 0.3 is 0 Å². The third-order valence-corrected chi connectivity index (χ3v) is 3.78. The number of carbonyl (C=O) groups is 1. The number of aromatic nitrogens is 1. The average Bonchev–Trinajstić information content (AvgIpc) is 2.44. The van der Waals surface area contributed by atoms with E-state index in [0.29, 0.717) is 12.1 Å². The van der Waals surface area contributed by atoms with E-state index in [1.165, 1.54) is 19.3 Å². The number of ether oxygens (including phenoxy) is 1. The number of hydrogen-bond acceptors (Lipinski definition) is 3. The predicted molar refractivity (Wildman–Crippen MR) is 75.3 cm³/mol. The highest BCUT2D eigenvalue weighted by molar-refractivity contribution is 5.94. The highest BCUT2D eigenvalue weighted by Crippen LogP contribution is 2.21. The van der Waals surface area contributed by atoms with Gasteiger partial charge in [0.2, 0.25) is 0 Å². The molecule has 1 saturated heterocycles. The van der Waals surface area contributed by atoms with Gasteiger partial charge in [-0.25, -0.2) is 0 Å². The third kappa shape index (κ3) is 4.75. The first kappa shape index (κ1) is 14.2. The van der Waals surface area contributed by atoms with Crippen molar-refractivity contribution in [1.29, 1.82) is 0 Å². The zero-order chi connectivity index (χ0) is 13.5. The summed E-state index contributed by atoms with van der Waals surface area (Å²) in [7, 11) is 0. The quantitative estimate of drug-likeness (QED) is 0.580. The van der Waals surface area contributed by atoms with Crippen molar-refractivity contribution in [3.8, 4) is 0 Å². The molecule has 1 aliphatic heterocycles. The first-order valence-electron chi connectivity index (χ1n) is 7.30. The summed E-state index contributed by atoms with van der Waals surface area (Å²) in [6, 6.07) is 5.63. The second kappa shape index (κ2) is 7.39. The van der Waals surface area contributed by atoms with E-state index in [1.807, 2.05) is 25.1 Å². The predicted octanol–water partition coefficient (Wildman–Crippen LogP) is 3.56. The van der Waals surface area contributed by atoms with Crippen LogP contribution in [0.2, 0.25) is 0 Å². The maximum atomic E-state index is 12.0. The average molecular weight is 261 g/mol. The van der Waals surface area contributed by atoms with Gasteiger partial charge in [0.05, 0.1) is 0 Å². The smallest absolute Gasteiger partial charge is 0.181 e. The molecule has 0 unspecified atom stereocenters. The van der Waals surface area contributed by atoms with Crippen LogP contribution in [-0.2, 0) is 4.74 Å². The maximum Gasteiger partial charge on any atom is 0.181 e. The Morgan fingerprint density at radius 2 is 2.11 bits per heavy atom. The number of Topliss-reactive ketones (excluding diaryl/α,β-unsaturated/α-hetero) is 1. The summed E-state index contributed by atoms with van der Waals surface area (Å²) in [5, 5.41) is 0. The summed E-state index contributed by atoms with van der Waals surface area (Å²) in [6.07, 6.45) is 6.35. The zero-order valence-electron chi connectivity index (χ0n) is 11.7. The lowest BCUT2D eigenvalue weighted by atomic mass is 9.93. The number of hydrogen-bond donors (Lipinski definition) is 0. The van der Waals surface area contributed by atoms with Gasteiger partial charge in [-0.15, -0.1) is 0 Å². The van der Waals surface area contributed by atoms with E-state index in [-0.39, 0.29) is 5.78 Å². The van der Waals surface area contributed by atoms with E-state index in [0.717, 1.165) is 37.7 Å². The van der Waals surface area contributed by atoms with Crippen molar-refractivity contribution >= 4 is 5.78 Å². The summed E-state index contributed by atoms with van der Waals surface area (Å²) >= 11 is 0. The number of nitrogens with zero attached hydrogens (tertiary/aromatic N) is 1. The molecule has 3 nitrogen and oxygen atoms in total. The van der Waals surface area contributed by atoms with Crippen molar-refractivity contribution in [2.24, 2.45) is 5.92 Å². The number of unbranched alkanes of at least 4 members (excludes halogenated alkanes) is 1. The Hall–Kier alpha value is -1.22. The Morgan fingerprint density at radius 3 is 2.84 bits per heavy atom. The molecule has 1 aromatic heterocycles. The fourth-order valence-corrected chi connectivity index (χ4v) is 2.58. The fourth-order valence-electron chi connectivity index (χ4n) is 2.58. The third-order valence-electron chi connectivity index (χ3n) is 3.78. The molecule has 0 spiro atoms. The molecule has 0 aliphatic carbocycles. The minimum absolute atomic E-state index is 0.177. The summed E-state index contributed by atoms with van der Waals surface area (Å²) < 4.78 is 5.35. The van der Waals surface area contributed by atoms with Crippen molar-refractivity contribution in [2.75, 3.05) is 13.2 Å². The number of aryl methyl sites for hydroxylation is 1. The molecule has 2 rings (SSSR count). The van der Waals surface area contributed by atoms with Crippen LogP contribution in [0.15, 0.2) is 18.2 Å². The van der Waals surface area contributed by atoms with E-state index in [9.17, 15) is 4.79 Å². The molecule has 0 amide bonds. The Morgan fingerprint density at radius 1 is 1.32 bits per heavy atom. The van der Waals surface area contributed by atoms with Gasteiger partial charge in [-0.2, -0.15) is 0 Å². The van der Waals surface area contributed by atoms with E-state index in [4.69, 9.17) is 4.74 Å². The molecule has 0 N–H and O–H groups in total. The van der Waals surface area contributed by atoms with Crippen LogP contribution in [-0.4, -0.2) is 24.0 Å². The van der Waals surface area contributed by atoms with Crippen LogP contribution in [0, 0.1) is 12.8 Å². The molecule has 2 heterocycles. The summed E-state index contributed by atoms with van der Waals surface area (Å²) in [5.41, 5.74) is 1.53. The van der Waals surface area contributed by atoms with Gasteiger partial charge in [0, 0.05) is 25.3 Å². The van der Waals surface area contributed by atoms with Gasteiger partial charge in [-0.3, -0.25) is 9.78 Å². The number of rotatable bonds is 6. The normalized spacial score (nSPS) is 16.5. The Bertz CT molecular complexity index is 411. The van der Waals surface area contributed by atoms with Crippen molar-refractivity contribution in [1.82, 2.24) is 4.98 Å². The van der Waals surface area contributed by atoms with Gasteiger partial charge in [0.25, 0.3) is 0 Å². The van der Waals surface area contributed by atoms with Crippen molar-refractivity contribution in [2.45, 2.75) is 45.4 Å². The van der Waals surface area contributed by atoms with Crippen LogP contribution in [0.3, 0.4) is 0 Å². The monoisotopic (exact) mass is 261 g/mol. The molecule has 1 aliphatic rings. The van der Waals surface area contributed by atoms with Gasteiger partial charge in [-0.1, -0.05) is 18.9 Å². The summed E-state index contributed by atoms with van der Waals surface area (Å²) in [6.45, 7) is 3.75. The van der Waals surface area contributed by atoms with Crippen molar-refractivity contribution in [3.05, 3.63) is 29.6 Å². The lowest BCUT2D eigenvalue weighted by Crippen LogP contribution is -2.15. The molecule has 0 saturated carbocycles. The van der Waals surface area contributed by atoms with Gasteiger partial charge in [-0.05, 0) is 44.2 Å². The van der Waals surface area contributed by atoms with E-state index < -0.39 is 0 Å². The largest absolute Gasteiger partial charge is 0.381 e. The molecule has 0 aromatic carbocycles. The molecule has 3 heteroatoms. The van der Waals surface area contributed by atoms with Crippen molar-refractivity contribution in [3.63, 3.8) is 0 Å². The van der Waals surface area contributed by atoms with Crippen LogP contribution in [0.25, 0.3) is 0 Å². The molecular formula is C16H23NO2. The minimum atomic E-state index is 0.177. The van der Waals surface area contributed by atoms with Crippen LogP contribution in [0.4, 0.5) is 0 Å².